The lowest BCUT2D eigenvalue weighted by molar-refractivity contribution is 0.245. The number of hydrogen-bond acceptors (Lipinski definition) is 4. The Balaban J connectivity index is 2.21. The van der Waals surface area contributed by atoms with Crippen LogP contribution in [-0.2, 0) is 23.1 Å². The molecule has 0 fully saturated rings. The van der Waals surface area contributed by atoms with E-state index >= 15 is 0 Å². The van der Waals surface area contributed by atoms with Crippen LogP contribution in [0.15, 0.2) is 18.2 Å². The molecule has 0 radical (unpaired) electrons. The number of hydrogen-bond donors (Lipinski definition) is 2. The van der Waals surface area contributed by atoms with Crippen molar-refractivity contribution in [3.05, 3.63) is 29.3 Å². The van der Waals surface area contributed by atoms with E-state index in [1.54, 1.807) is 7.11 Å². The molecule has 1 aromatic carbocycles. The summed E-state index contributed by atoms with van der Waals surface area (Å²) in [7, 11) is -1.80. The first-order valence-corrected chi connectivity index (χ1v) is 12.5. The van der Waals surface area contributed by atoms with Gasteiger partial charge < -0.3 is 10.5 Å². The van der Waals surface area contributed by atoms with Crippen molar-refractivity contribution in [3.63, 3.8) is 0 Å². The van der Waals surface area contributed by atoms with Crippen LogP contribution in [0.3, 0.4) is 0 Å². The number of unbranched alkanes of at least 4 members (excludes halogenated alkanes) is 1. The van der Waals surface area contributed by atoms with E-state index in [1.807, 2.05) is 19.9 Å². The van der Waals surface area contributed by atoms with Crippen LogP contribution in [0.2, 0.25) is 0 Å². The van der Waals surface area contributed by atoms with Gasteiger partial charge in [0.05, 0.1) is 7.11 Å². The first-order valence-electron chi connectivity index (χ1n) is 11.0. The van der Waals surface area contributed by atoms with Crippen molar-refractivity contribution in [1.29, 1.82) is 0 Å². The fraction of sp³-hybridized carbons (Fsp3) is 0.727. The minimum atomic E-state index is -3.51. The number of nitrogens with one attached hydrogen (secondary N) is 1. The number of nitrogens with two attached hydrogens (primary N) is 1. The molecule has 0 saturated carbocycles. The highest BCUT2D eigenvalue weighted by molar-refractivity contribution is 7.87. The third kappa shape index (κ3) is 6.17. The van der Waals surface area contributed by atoms with Gasteiger partial charge in [-0.3, -0.25) is 0 Å². The Morgan fingerprint density at radius 2 is 1.93 bits per heavy atom. The molecule has 1 aliphatic carbocycles. The van der Waals surface area contributed by atoms with E-state index in [9.17, 15) is 8.42 Å². The summed E-state index contributed by atoms with van der Waals surface area (Å²) >= 11 is 0. The van der Waals surface area contributed by atoms with E-state index in [4.69, 9.17) is 10.5 Å². The molecule has 6 nitrogen and oxygen atoms in total. The minimum absolute atomic E-state index is 0.258. The van der Waals surface area contributed by atoms with Gasteiger partial charge in [0.1, 0.15) is 5.75 Å². The van der Waals surface area contributed by atoms with E-state index in [1.165, 1.54) is 28.3 Å². The predicted octanol–water partition coefficient (Wildman–Crippen LogP) is 3.11. The summed E-state index contributed by atoms with van der Waals surface area (Å²) in [5.41, 5.74) is 8.65. The molecule has 7 heteroatoms. The fourth-order valence-electron chi connectivity index (χ4n) is 4.59. The molecule has 1 aliphatic rings. The molecule has 0 unspecified atom stereocenters. The van der Waals surface area contributed by atoms with Crippen molar-refractivity contribution in [2.75, 3.05) is 26.7 Å². The Morgan fingerprint density at radius 1 is 1.21 bits per heavy atom. The third-order valence-corrected chi connectivity index (χ3v) is 8.05. The molecule has 0 saturated heterocycles. The monoisotopic (exact) mass is 425 g/mol. The second-order valence-corrected chi connectivity index (χ2v) is 9.75. The van der Waals surface area contributed by atoms with Crippen LogP contribution in [0.1, 0.15) is 57.6 Å². The molecule has 0 heterocycles. The minimum Gasteiger partial charge on any atom is -0.496 e. The van der Waals surface area contributed by atoms with Crippen molar-refractivity contribution < 1.29 is 13.2 Å². The maximum atomic E-state index is 12.7. The smallest absolute Gasteiger partial charge is 0.279 e. The molecule has 2 rings (SSSR count). The lowest BCUT2D eigenvalue weighted by Gasteiger charge is -2.36. The highest BCUT2D eigenvalue weighted by atomic mass is 32.2. The molecule has 0 bridgehead atoms. The van der Waals surface area contributed by atoms with Gasteiger partial charge in [0.2, 0.25) is 0 Å². The predicted molar refractivity (Wildman–Crippen MR) is 119 cm³/mol. The maximum Gasteiger partial charge on any atom is 0.279 e. The molecule has 1 aromatic rings. The number of nitrogens with zero attached hydrogens (tertiary/aromatic N) is 1. The summed E-state index contributed by atoms with van der Waals surface area (Å²) < 4.78 is 35.3. The Hall–Kier alpha value is -1.15. The van der Waals surface area contributed by atoms with Crippen LogP contribution in [0.4, 0.5) is 0 Å². The van der Waals surface area contributed by atoms with E-state index in [2.05, 4.69) is 23.8 Å². The van der Waals surface area contributed by atoms with Gasteiger partial charge >= 0.3 is 0 Å². The zero-order chi connectivity index (χ0) is 21.4. The summed E-state index contributed by atoms with van der Waals surface area (Å²) in [6.45, 7) is 7.13. The molecule has 0 aliphatic heterocycles. The van der Waals surface area contributed by atoms with E-state index < -0.39 is 10.2 Å². The second-order valence-electron chi connectivity index (χ2n) is 8.04. The number of methoxy groups -OCH3 is 1. The number of rotatable bonds is 12. The molecule has 0 amide bonds. The fourth-order valence-corrected chi connectivity index (χ4v) is 6.03. The molecule has 3 atom stereocenters. The largest absolute Gasteiger partial charge is 0.496 e. The van der Waals surface area contributed by atoms with Crippen LogP contribution in [-0.4, -0.2) is 45.5 Å². The summed E-state index contributed by atoms with van der Waals surface area (Å²) in [5, 5.41) is 0. The van der Waals surface area contributed by atoms with Gasteiger partial charge in [0, 0.05) is 25.7 Å². The van der Waals surface area contributed by atoms with Crippen molar-refractivity contribution in [1.82, 2.24) is 9.03 Å². The standard InChI is InChI=1S/C22H39N3O3S/c1-5-8-10-17-13-18-11-9-12-22(28-4)21(18)15-19(17)14-20(16-23)24-29(26,27)25(6-2)7-3/h9,11-12,17,19-20,24H,5-8,10,13-16,23H2,1-4H3/t17-,19-,20+/m1/s1. The molecule has 0 spiro atoms. The lowest BCUT2D eigenvalue weighted by Crippen LogP contribution is -2.49. The normalized spacial score (nSPS) is 20.5. The maximum absolute atomic E-state index is 12.7. The average Bonchev–Trinajstić information content (AvgIpc) is 2.71. The molecule has 166 valence electrons. The Kier molecular flexibility index (Phi) is 9.40. The lowest BCUT2D eigenvalue weighted by atomic mass is 9.71. The summed E-state index contributed by atoms with van der Waals surface area (Å²) in [6, 6.07) is 6.03. The third-order valence-electron chi connectivity index (χ3n) is 6.23. The van der Waals surface area contributed by atoms with E-state index in [-0.39, 0.29) is 6.04 Å². The number of fused-ring (bicyclic) bond motifs is 1. The zero-order valence-electron chi connectivity index (χ0n) is 18.5. The van der Waals surface area contributed by atoms with E-state index in [0.717, 1.165) is 31.4 Å². The first-order chi connectivity index (χ1) is 13.9. The molecule has 29 heavy (non-hydrogen) atoms. The van der Waals surface area contributed by atoms with Gasteiger partial charge in [0.25, 0.3) is 10.2 Å². The number of ether oxygens (including phenoxy) is 1. The molecular formula is C22H39N3O3S. The van der Waals surface area contributed by atoms with Crippen molar-refractivity contribution in [2.24, 2.45) is 17.6 Å². The van der Waals surface area contributed by atoms with Crippen molar-refractivity contribution >= 4 is 10.2 Å². The quantitative estimate of drug-likeness (QED) is 0.539. The van der Waals surface area contributed by atoms with Crippen LogP contribution in [0.25, 0.3) is 0 Å². The van der Waals surface area contributed by atoms with Crippen molar-refractivity contribution in [2.45, 2.75) is 65.3 Å². The van der Waals surface area contributed by atoms with Crippen LogP contribution < -0.4 is 15.2 Å². The number of benzene rings is 1. The van der Waals surface area contributed by atoms with Crippen molar-refractivity contribution in [3.8, 4) is 5.75 Å². The molecular weight excluding hydrogens is 386 g/mol. The van der Waals surface area contributed by atoms with Gasteiger partial charge in [-0.15, -0.1) is 0 Å². The molecule has 0 aromatic heterocycles. The van der Waals surface area contributed by atoms with E-state index in [0.29, 0.717) is 31.5 Å². The summed E-state index contributed by atoms with van der Waals surface area (Å²) in [4.78, 5) is 0. The summed E-state index contributed by atoms with van der Waals surface area (Å²) in [6.07, 6.45) is 6.22. The van der Waals surface area contributed by atoms with Gasteiger partial charge in [-0.2, -0.15) is 17.4 Å². The highest BCUT2D eigenvalue weighted by Gasteiger charge is 2.33. The SMILES string of the molecule is CCCC[C@@H]1Cc2cccc(OC)c2C[C@H]1C[C@@H](CN)NS(=O)(=O)N(CC)CC. The van der Waals surface area contributed by atoms with Gasteiger partial charge in [-0.05, 0) is 54.7 Å². The molecule has 3 N–H and O–H groups in total. The Labute approximate surface area is 177 Å². The zero-order valence-corrected chi connectivity index (χ0v) is 19.3. The average molecular weight is 426 g/mol. The highest BCUT2D eigenvalue weighted by Crippen LogP contribution is 2.39. The van der Waals surface area contributed by atoms with Crippen LogP contribution in [0, 0.1) is 11.8 Å². The topological polar surface area (TPSA) is 84.7 Å². The summed E-state index contributed by atoms with van der Waals surface area (Å²) in [5.74, 6) is 1.87. The van der Waals surface area contributed by atoms with Crippen LogP contribution in [0.5, 0.6) is 5.75 Å². The Bertz CT molecular complexity index is 735. The van der Waals surface area contributed by atoms with Gasteiger partial charge in [-0.1, -0.05) is 45.7 Å². The van der Waals surface area contributed by atoms with Gasteiger partial charge in [0.15, 0.2) is 0 Å². The first kappa shape index (κ1) is 24.1. The Morgan fingerprint density at radius 3 is 2.52 bits per heavy atom. The van der Waals surface area contributed by atoms with Crippen LogP contribution >= 0.6 is 0 Å². The second kappa shape index (κ2) is 11.3. The van der Waals surface area contributed by atoms with Gasteiger partial charge in [-0.25, -0.2) is 0 Å².